The molecule has 2 aliphatic heterocycles. The molecular weight excluding hydrogens is 344 g/mol. The summed E-state index contributed by atoms with van der Waals surface area (Å²) in [6, 6.07) is 6.14. The lowest BCUT2D eigenvalue weighted by molar-refractivity contribution is -0.123. The number of benzene rings is 1. The maximum atomic E-state index is 12.5. The normalized spacial score (nSPS) is 20.9. The number of thioether (sulfide) groups is 1. The van der Waals surface area contributed by atoms with Crippen LogP contribution in [0, 0.1) is 0 Å². The van der Waals surface area contributed by atoms with Crippen LogP contribution in [-0.2, 0) is 4.79 Å². The van der Waals surface area contributed by atoms with Crippen molar-refractivity contribution in [3.05, 3.63) is 40.3 Å². The van der Waals surface area contributed by atoms with Crippen LogP contribution in [-0.4, -0.2) is 34.2 Å². The molecule has 2 aliphatic rings. The highest BCUT2D eigenvalue weighted by Crippen LogP contribution is 2.40. The summed E-state index contributed by atoms with van der Waals surface area (Å²) in [6.45, 7) is 13.4. The van der Waals surface area contributed by atoms with Gasteiger partial charge >= 0.3 is 0 Å². The Bertz CT molecular complexity index is 836. The van der Waals surface area contributed by atoms with E-state index in [-0.39, 0.29) is 22.7 Å². The number of fused-ring (bicyclic) bond motifs is 1. The van der Waals surface area contributed by atoms with Crippen molar-refractivity contribution in [2.75, 3.05) is 11.4 Å². The Morgan fingerprint density at radius 2 is 1.92 bits per heavy atom. The van der Waals surface area contributed by atoms with E-state index >= 15 is 0 Å². The highest BCUT2D eigenvalue weighted by Gasteiger charge is 2.37. The maximum absolute atomic E-state index is 12.5. The Morgan fingerprint density at radius 1 is 1.23 bits per heavy atom. The Hall–Kier alpha value is -2.01. The molecule has 1 fully saturated rings. The van der Waals surface area contributed by atoms with Crippen LogP contribution in [0.15, 0.2) is 29.2 Å². The molecule has 1 saturated heterocycles. The minimum absolute atomic E-state index is 0.0206. The maximum Gasteiger partial charge on any atom is 0.293 e. The lowest BCUT2D eigenvalue weighted by Crippen LogP contribution is -2.44. The van der Waals surface area contributed by atoms with Gasteiger partial charge in [0.15, 0.2) is 0 Å². The van der Waals surface area contributed by atoms with Crippen molar-refractivity contribution in [1.82, 2.24) is 4.90 Å². The van der Waals surface area contributed by atoms with Crippen molar-refractivity contribution in [3.8, 4) is 0 Å². The topological polar surface area (TPSA) is 40.6 Å². The van der Waals surface area contributed by atoms with Crippen LogP contribution in [0.5, 0.6) is 0 Å². The third kappa shape index (κ3) is 3.09. The second-order valence-electron chi connectivity index (χ2n) is 7.65. The standard InChI is InChI=1S/C21H26N2O2S/c1-7-22-17-9-8-15(10-16(17)14(4)12-21(22,5)6)11-18-19(24)23(13(2)3)20(25)26-18/h8-13H,7H2,1-6H3/b18-11-. The van der Waals surface area contributed by atoms with E-state index in [2.05, 4.69) is 50.8 Å². The van der Waals surface area contributed by atoms with E-state index in [1.165, 1.54) is 21.7 Å². The van der Waals surface area contributed by atoms with Gasteiger partial charge in [-0.25, -0.2) is 0 Å². The fourth-order valence-corrected chi connectivity index (χ4v) is 4.81. The quantitative estimate of drug-likeness (QED) is 0.690. The Morgan fingerprint density at radius 3 is 2.50 bits per heavy atom. The van der Waals surface area contributed by atoms with Crippen LogP contribution in [0.1, 0.15) is 52.7 Å². The van der Waals surface area contributed by atoms with Crippen molar-refractivity contribution < 1.29 is 9.59 Å². The number of hydrogen-bond donors (Lipinski definition) is 0. The van der Waals surface area contributed by atoms with Gasteiger partial charge in [-0.15, -0.1) is 0 Å². The van der Waals surface area contributed by atoms with Crippen LogP contribution in [0.3, 0.4) is 0 Å². The van der Waals surface area contributed by atoms with Gasteiger partial charge in [0.1, 0.15) is 0 Å². The predicted octanol–water partition coefficient (Wildman–Crippen LogP) is 5.15. The van der Waals surface area contributed by atoms with E-state index in [0.29, 0.717) is 4.91 Å². The number of carbonyl (C=O) groups excluding carboxylic acids is 2. The van der Waals surface area contributed by atoms with Gasteiger partial charge < -0.3 is 4.90 Å². The average Bonchev–Trinajstić information content (AvgIpc) is 2.81. The number of allylic oxidation sites excluding steroid dienone is 1. The van der Waals surface area contributed by atoms with Crippen LogP contribution in [0.2, 0.25) is 0 Å². The first kappa shape index (κ1) is 18.8. The van der Waals surface area contributed by atoms with Crippen molar-refractivity contribution >= 4 is 40.2 Å². The van der Waals surface area contributed by atoms with Gasteiger partial charge in [0.2, 0.25) is 0 Å². The minimum atomic E-state index is -0.198. The van der Waals surface area contributed by atoms with E-state index in [9.17, 15) is 9.59 Å². The first-order valence-corrected chi connectivity index (χ1v) is 9.86. The molecule has 3 rings (SSSR count). The molecule has 0 atom stereocenters. The van der Waals surface area contributed by atoms with Crippen molar-refractivity contribution in [2.24, 2.45) is 0 Å². The zero-order valence-electron chi connectivity index (χ0n) is 16.3. The molecule has 2 amide bonds. The highest BCUT2D eigenvalue weighted by molar-refractivity contribution is 8.18. The van der Waals surface area contributed by atoms with E-state index in [1.807, 2.05) is 26.0 Å². The Kier molecular flexibility index (Phi) is 4.78. The Balaban J connectivity index is 2.00. The molecule has 138 valence electrons. The minimum Gasteiger partial charge on any atom is -0.363 e. The second kappa shape index (κ2) is 6.62. The first-order valence-electron chi connectivity index (χ1n) is 9.04. The van der Waals surface area contributed by atoms with Crippen molar-refractivity contribution in [1.29, 1.82) is 0 Å². The number of nitrogens with zero attached hydrogens (tertiary/aromatic N) is 2. The molecule has 26 heavy (non-hydrogen) atoms. The van der Waals surface area contributed by atoms with Gasteiger partial charge in [0.05, 0.1) is 10.4 Å². The van der Waals surface area contributed by atoms with E-state index < -0.39 is 0 Å². The summed E-state index contributed by atoms with van der Waals surface area (Å²) in [5, 5.41) is -0.191. The Labute approximate surface area is 159 Å². The number of imide groups is 1. The zero-order valence-corrected chi connectivity index (χ0v) is 17.1. The molecule has 0 spiro atoms. The van der Waals surface area contributed by atoms with Gasteiger partial charge in [-0.1, -0.05) is 12.1 Å². The molecule has 1 aromatic carbocycles. The molecule has 0 bridgehead atoms. The van der Waals surface area contributed by atoms with E-state index in [0.717, 1.165) is 23.9 Å². The summed E-state index contributed by atoms with van der Waals surface area (Å²) in [4.78, 5) is 28.8. The molecule has 0 radical (unpaired) electrons. The number of amides is 2. The fourth-order valence-electron chi connectivity index (χ4n) is 3.84. The molecule has 5 heteroatoms. The molecule has 0 N–H and O–H groups in total. The molecule has 4 nitrogen and oxygen atoms in total. The smallest absolute Gasteiger partial charge is 0.293 e. The molecule has 0 saturated carbocycles. The largest absolute Gasteiger partial charge is 0.363 e. The van der Waals surface area contributed by atoms with Crippen molar-refractivity contribution in [2.45, 2.75) is 53.1 Å². The van der Waals surface area contributed by atoms with Gasteiger partial charge in [0.25, 0.3) is 11.1 Å². The molecule has 2 heterocycles. The van der Waals surface area contributed by atoms with Crippen LogP contribution < -0.4 is 4.90 Å². The van der Waals surface area contributed by atoms with E-state index in [4.69, 9.17) is 0 Å². The first-order chi connectivity index (χ1) is 12.2. The van der Waals surface area contributed by atoms with Gasteiger partial charge in [-0.3, -0.25) is 14.5 Å². The third-order valence-electron chi connectivity index (χ3n) is 4.96. The lowest BCUT2D eigenvalue weighted by atomic mass is 9.88. The average molecular weight is 371 g/mol. The second-order valence-corrected chi connectivity index (χ2v) is 8.64. The molecule has 1 aromatic rings. The summed E-state index contributed by atoms with van der Waals surface area (Å²) >= 11 is 1.02. The number of likely N-dealkylation sites (N-methyl/N-ethyl adjacent to an activating group) is 1. The number of rotatable bonds is 3. The highest BCUT2D eigenvalue weighted by atomic mass is 32.2. The number of hydrogen-bond acceptors (Lipinski definition) is 4. The van der Waals surface area contributed by atoms with Gasteiger partial charge in [-0.2, -0.15) is 0 Å². The van der Waals surface area contributed by atoms with Crippen LogP contribution in [0.4, 0.5) is 10.5 Å². The SMILES string of the molecule is CCN1c2ccc(/C=C3\SC(=O)N(C(C)C)C3=O)cc2C(C)=CC1(C)C. The summed E-state index contributed by atoms with van der Waals surface area (Å²) in [6.07, 6.45) is 4.12. The summed E-state index contributed by atoms with van der Waals surface area (Å²) < 4.78 is 0. The summed E-state index contributed by atoms with van der Waals surface area (Å²) in [5.41, 5.74) is 4.56. The van der Waals surface area contributed by atoms with Gasteiger partial charge in [-0.05, 0) is 82.6 Å². The molecular formula is C21H26N2O2S. The number of carbonyl (C=O) groups is 2. The summed E-state index contributed by atoms with van der Waals surface area (Å²) in [5.74, 6) is -0.198. The zero-order chi connectivity index (χ0) is 19.2. The monoisotopic (exact) mass is 370 g/mol. The predicted molar refractivity (Wildman–Crippen MR) is 110 cm³/mol. The molecule has 0 unspecified atom stereocenters. The molecule has 0 aliphatic carbocycles. The van der Waals surface area contributed by atoms with Gasteiger partial charge in [0, 0.05) is 23.8 Å². The van der Waals surface area contributed by atoms with Crippen LogP contribution in [0.25, 0.3) is 11.6 Å². The third-order valence-corrected chi connectivity index (χ3v) is 5.84. The van der Waals surface area contributed by atoms with Crippen molar-refractivity contribution in [3.63, 3.8) is 0 Å². The number of anilines is 1. The van der Waals surface area contributed by atoms with E-state index in [1.54, 1.807) is 0 Å². The lowest BCUT2D eigenvalue weighted by Gasteiger charge is -2.42. The molecule has 0 aromatic heterocycles. The van der Waals surface area contributed by atoms with Crippen LogP contribution >= 0.6 is 11.8 Å². The summed E-state index contributed by atoms with van der Waals surface area (Å²) in [7, 11) is 0. The fraction of sp³-hybridized carbons (Fsp3) is 0.429.